The minimum absolute atomic E-state index is 0.0960. The molecule has 0 bridgehead atoms. The highest BCUT2D eigenvalue weighted by molar-refractivity contribution is 5.80. The van der Waals surface area contributed by atoms with Crippen LogP contribution < -0.4 is 0 Å². The summed E-state index contributed by atoms with van der Waals surface area (Å²) in [6.07, 6.45) is 46.3. The van der Waals surface area contributed by atoms with Crippen LogP contribution >= 0.6 is 0 Å². The molecule has 8 nitrogen and oxygen atoms in total. The molecule has 63 heavy (non-hydrogen) atoms. The lowest BCUT2D eigenvalue weighted by atomic mass is 10.0. The number of aliphatic hydroxyl groups excluding tert-OH is 4. The van der Waals surface area contributed by atoms with Gasteiger partial charge in [-0.25, -0.2) is 0 Å². The number of rotatable bonds is 48. The summed E-state index contributed by atoms with van der Waals surface area (Å²) in [5, 5.41) is 39.2. The highest BCUT2D eigenvalue weighted by atomic mass is 16.3. The molecule has 0 aliphatic carbocycles. The fourth-order valence-electron chi connectivity index (χ4n) is 8.44. The average molecular weight is 898 g/mol. The van der Waals surface area contributed by atoms with Gasteiger partial charge in [0, 0.05) is 32.6 Å². The van der Waals surface area contributed by atoms with Crippen molar-refractivity contribution < 1.29 is 30.0 Å². The summed E-state index contributed by atoms with van der Waals surface area (Å²) in [5.41, 5.74) is 0. The van der Waals surface area contributed by atoms with Gasteiger partial charge in [-0.1, -0.05) is 253 Å². The molecule has 2 amide bonds. The lowest BCUT2D eigenvalue weighted by Crippen LogP contribution is -2.44. The Hall–Kier alpha value is -1.22. The Morgan fingerprint density at radius 3 is 1.03 bits per heavy atom. The Morgan fingerprint density at radius 2 is 0.683 bits per heavy atom. The second-order valence-electron chi connectivity index (χ2n) is 19.2. The average Bonchev–Trinajstić information content (AvgIpc) is 3.29. The largest absolute Gasteiger partial charge is 0.394 e. The van der Waals surface area contributed by atoms with Gasteiger partial charge in [-0.2, -0.15) is 0 Å². The van der Waals surface area contributed by atoms with Gasteiger partial charge in [-0.15, -0.1) is 0 Å². The zero-order valence-electron chi connectivity index (χ0n) is 43.1. The summed E-state index contributed by atoms with van der Waals surface area (Å²) in [4.78, 5) is 28.8. The van der Waals surface area contributed by atoms with E-state index < -0.39 is 12.2 Å². The molecule has 3 unspecified atom stereocenters. The Balaban J connectivity index is 0. The quantitative estimate of drug-likeness (QED) is 0.0451. The van der Waals surface area contributed by atoms with Crippen LogP contribution in [0.2, 0.25) is 0 Å². The van der Waals surface area contributed by atoms with Crippen LogP contribution in [0.5, 0.6) is 0 Å². The fourth-order valence-corrected chi connectivity index (χ4v) is 8.44. The molecule has 0 fully saturated rings. The van der Waals surface area contributed by atoms with Gasteiger partial charge in [-0.3, -0.25) is 9.59 Å². The molecule has 378 valence electrons. The van der Waals surface area contributed by atoms with Crippen molar-refractivity contribution in [1.82, 2.24) is 9.80 Å². The number of hydrogen-bond acceptors (Lipinski definition) is 6. The number of aliphatic hydroxyl groups is 4. The van der Waals surface area contributed by atoms with Gasteiger partial charge < -0.3 is 30.2 Å². The van der Waals surface area contributed by atoms with Crippen LogP contribution in [0.1, 0.15) is 291 Å². The molecule has 0 aromatic carbocycles. The van der Waals surface area contributed by atoms with E-state index in [1.807, 2.05) is 11.8 Å². The van der Waals surface area contributed by atoms with Gasteiger partial charge in [0.2, 0.25) is 5.91 Å². The summed E-state index contributed by atoms with van der Waals surface area (Å²) < 4.78 is 0. The molecular formula is C55H112N2O6. The molecule has 0 aliphatic heterocycles. The first kappa shape index (κ1) is 63.9. The van der Waals surface area contributed by atoms with Crippen LogP contribution in [-0.4, -0.2) is 93.1 Å². The summed E-state index contributed by atoms with van der Waals surface area (Å²) in [6.45, 7) is 12.5. The monoisotopic (exact) mass is 897 g/mol. The standard InChI is InChI=1S/C32H65NO2.C23H47NO4/c1-4-7-9-11-13-15-17-18-19-20-22-24-26-28-32(35)33(30-31(34)6-3)29-27-25-23-21-16-14-12-10-8-5-2;1-3-5-7-9-10-11-12-13-14-16-18-24(19-21(26)20-25)23(28)22(27)17-15-8-6-4-2/h31,34H,4-30H2,1-3H3;21-22,25-27H,3-20H2,1-2H3. The first-order valence-corrected chi connectivity index (χ1v) is 27.9. The van der Waals surface area contributed by atoms with Crippen molar-refractivity contribution >= 4 is 11.8 Å². The molecule has 0 radical (unpaired) electrons. The third-order valence-electron chi connectivity index (χ3n) is 12.9. The molecule has 0 saturated carbocycles. The minimum Gasteiger partial charge on any atom is -0.394 e. The molecule has 0 aliphatic rings. The topological polar surface area (TPSA) is 122 Å². The van der Waals surface area contributed by atoms with Crippen LogP contribution in [0.4, 0.5) is 0 Å². The smallest absolute Gasteiger partial charge is 0.251 e. The third kappa shape index (κ3) is 45.7. The lowest BCUT2D eigenvalue weighted by molar-refractivity contribution is -0.142. The van der Waals surface area contributed by atoms with Gasteiger partial charge in [0.15, 0.2) is 0 Å². The highest BCUT2D eigenvalue weighted by Gasteiger charge is 2.23. The van der Waals surface area contributed by atoms with Crippen LogP contribution in [0, 0.1) is 0 Å². The van der Waals surface area contributed by atoms with Crippen molar-refractivity contribution in [2.75, 3.05) is 32.8 Å². The Labute approximate surface area is 392 Å². The van der Waals surface area contributed by atoms with E-state index >= 15 is 0 Å². The van der Waals surface area contributed by atoms with Crippen LogP contribution in [0.3, 0.4) is 0 Å². The van der Waals surface area contributed by atoms with E-state index in [1.165, 1.54) is 185 Å². The molecule has 0 aromatic heterocycles. The lowest BCUT2D eigenvalue weighted by Gasteiger charge is -2.27. The van der Waals surface area contributed by atoms with Crippen LogP contribution in [-0.2, 0) is 9.59 Å². The second kappa shape index (κ2) is 51.8. The van der Waals surface area contributed by atoms with Crippen molar-refractivity contribution in [2.24, 2.45) is 0 Å². The molecule has 0 rings (SSSR count). The number of nitrogens with zero attached hydrogens (tertiary/aromatic N) is 2. The molecule has 4 N–H and O–H groups in total. The fraction of sp³-hybridized carbons (Fsp3) is 0.964. The van der Waals surface area contributed by atoms with Gasteiger partial charge in [0.1, 0.15) is 6.10 Å². The third-order valence-corrected chi connectivity index (χ3v) is 12.9. The number of unbranched alkanes of at least 4 members (excludes halogenated alkanes) is 33. The Kier molecular flexibility index (Phi) is 52.5. The van der Waals surface area contributed by atoms with Crippen LogP contribution in [0.25, 0.3) is 0 Å². The molecule has 0 spiro atoms. The van der Waals surface area contributed by atoms with Crippen LogP contribution in [0.15, 0.2) is 0 Å². The van der Waals surface area contributed by atoms with E-state index in [0.717, 1.165) is 70.8 Å². The van der Waals surface area contributed by atoms with E-state index in [-0.39, 0.29) is 31.1 Å². The van der Waals surface area contributed by atoms with Gasteiger partial charge in [0.25, 0.3) is 5.91 Å². The van der Waals surface area contributed by atoms with Gasteiger partial charge in [-0.05, 0) is 32.1 Å². The second-order valence-corrected chi connectivity index (χ2v) is 19.2. The number of amides is 2. The van der Waals surface area contributed by atoms with Crippen molar-refractivity contribution in [2.45, 2.75) is 310 Å². The molecule has 3 atom stereocenters. The first-order chi connectivity index (χ1) is 30.7. The predicted octanol–water partition coefficient (Wildman–Crippen LogP) is 14.4. The molecule has 0 saturated heterocycles. The number of hydrogen-bond donors (Lipinski definition) is 4. The van der Waals surface area contributed by atoms with E-state index in [0.29, 0.717) is 25.9 Å². The Bertz CT molecular complexity index is 922. The maximum atomic E-state index is 12.8. The van der Waals surface area contributed by atoms with E-state index in [2.05, 4.69) is 27.7 Å². The molecule has 0 aromatic rings. The summed E-state index contributed by atoms with van der Waals surface area (Å²) in [6, 6.07) is 0. The van der Waals surface area contributed by atoms with E-state index in [9.17, 15) is 24.9 Å². The summed E-state index contributed by atoms with van der Waals surface area (Å²) in [5.74, 6) is -0.0450. The first-order valence-electron chi connectivity index (χ1n) is 27.9. The summed E-state index contributed by atoms with van der Waals surface area (Å²) in [7, 11) is 0. The maximum absolute atomic E-state index is 12.8. The van der Waals surface area contributed by atoms with E-state index in [1.54, 1.807) is 0 Å². The van der Waals surface area contributed by atoms with E-state index in [4.69, 9.17) is 5.11 Å². The van der Waals surface area contributed by atoms with Gasteiger partial charge in [0.05, 0.1) is 18.8 Å². The maximum Gasteiger partial charge on any atom is 0.251 e. The van der Waals surface area contributed by atoms with Crippen molar-refractivity contribution in [3.05, 3.63) is 0 Å². The predicted molar refractivity (Wildman–Crippen MR) is 271 cm³/mol. The summed E-state index contributed by atoms with van der Waals surface area (Å²) >= 11 is 0. The van der Waals surface area contributed by atoms with Crippen molar-refractivity contribution in [3.63, 3.8) is 0 Å². The van der Waals surface area contributed by atoms with Crippen molar-refractivity contribution in [3.8, 4) is 0 Å². The van der Waals surface area contributed by atoms with Gasteiger partial charge >= 0.3 is 0 Å². The van der Waals surface area contributed by atoms with Crippen molar-refractivity contribution in [1.29, 1.82) is 0 Å². The molecule has 0 heterocycles. The number of carbonyl (C=O) groups excluding carboxylic acids is 2. The zero-order chi connectivity index (χ0) is 46.9. The molecule has 8 heteroatoms. The Morgan fingerprint density at radius 1 is 0.381 bits per heavy atom. The normalized spacial score (nSPS) is 12.8. The molecular weight excluding hydrogens is 785 g/mol. The highest BCUT2D eigenvalue weighted by Crippen LogP contribution is 2.16. The SMILES string of the molecule is CCCCCCCCCCCCCCCC(=O)N(CCCCCCCCCCCC)CC(O)CC.CCCCCCCCCCCCN(CC(O)CO)C(=O)C(O)CCCCCC. The minimum atomic E-state index is -0.995. The number of carbonyl (C=O) groups is 2. The zero-order valence-corrected chi connectivity index (χ0v) is 43.1.